The summed E-state index contributed by atoms with van der Waals surface area (Å²) in [6.07, 6.45) is 6.45. The number of hydrogen-bond donors (Lipinski definition) is 1. The fourth-order valence-corrected chi connectivity index (χ4v) is 5.21. The van der Waals surface area contributed by atoms with Crippen molar-refractivity contribution in [1.82, 2.24) is 19.6 Å². The van der Waals surface area contributed by atoms with E-state index in [1.165, 1.54) is 17.4 Å². The van der Waals surface area contributed by atoms with Crippen LogP contribution in [0.1, 0.15) is 38.0 Å². The second kappa shape index (κ2) is 9.15. The highest BCUT2D eigenvalue weighted by Crippen LogP contribution is 2.32. The van der Waals surface area contributed by atoms with Crippen molar-refractivity contribution in [3.63, 3.8) is 0 Å². The Kier molecular flexibility index (Phi) is 5.92. The normalized spacial score (nSPS) is 15.8. The van der Waals surface area contributed by atoms with Crippen LogP contribution in [0.25, 0.3) is 5.65 Å². The Balaban J connectivity index is 1.16. The summed E-state index contributed by atoms with van der Waals surface area (Å²) in [5.41, 5.74) is 2.25. The minimum Gasteiger partial charge on any atom is -0.347 e. The van der Waals surface area contributed by atoms with Gasteiger partial charge in [-0.2, -0.15) is 0 Å². The summed E-state index contributed by atoms with van der Waals surface area (Å²) in [6, 6.07) is 14.1. The van der Waals surface area contributed by atoms with Gasteiger partial charge in [0, 0.05) is 49.0 Å². The van der Waals surface area contributed by atoms with Crippen molar-refractivity contribution in [1.29, 1.82) is 0 Å². The van der Waals surface area contributed by atoms with Gasteiger partial charge in [-0.25, -0.2) is 9.37 Å². The molecule has 1 fully saturated rings. The maximum absolute atomic E-state index is 13.9. The summed E-state index contributed by atoms with van der Waals surface area (Å²) in [4.78, 5) is 33.1. The Labute approximate surface area is 194 Å². The van der Waals surface area contributed by atoms with Gasteiger partial charge >= 0.3 is 0 Å². The van der Waals surface area contributed by atoms with Crippen LogP contribution in [0.3, 0.4) is 0 Å². The van der Waals surface area contributed by atoms with Gasteiger partial charge < -0.3 is 14.6 Å². The third-order valence-corrected chi connectivity index (χ3v) is 7.26. The van der Waals surface area contributed by atoms with Crippen LogP contribution < -0.4 is 5.32 Å². The molecule has 8 heteroatoms. The van der Waals surface area contributed by atoms with E-state index in [4.69, 9.17) is 0 Å². The Morgan fingerprint density at radius 2 is 2.03 bits per heavy atom. The molecule has 5 rings (SSSR count). The lowest BCUT2D eigenvalue weighted by Gasteiger charge is -2.16. The lowest BCUT2D eigenvalue weighted by atomic mass is 10.1. The zero-order chi connectivity index (χ0) is 22.8. The number of nitrogens with one attached hydrogen (secondary N) is 1. The summed E-state index contributed by atoms with van der Waals surface area (Å²) in [5, 5.41) is 2.97. The van der Waals surface area contributed by atoms with Crippen LogP contribution in [-0.2, 0) is 17.8 Å². The Bertz CT molecular complexity index is 1310. The first-order valence-electron chi connectivity index (χ1n) is 10.9. The first-order chi connectivity index (χ1) is 16.1. The molecule has 3 aromatic heterocycles. The van der Waals surface area contributed by atoms with Gasteiger partial charge in [0.2, 0.25) is 5.91 Å². The molecule has 1 aliphatic heterocycles. The van der Waals surface area contributed by atoms with Crippen molar-refractivity contribution in [2.75, 3.05) is 13.1 Å². The van der Waals surface area contributed by atoms with Gasteiger partial charge in [0.25, 0.3) is 5.91 Å². The van der Waals surface area contributed by atoms with Crippen molar-refractivity contribution >= 4 is 28.8 Å². The molecule has 1 N–H and O–H groups in total. The van der Waals surface area contributed by atoms with Crippen LogP contribution in [0.2, 0.25) is 0 Å². The molecule has 1 aliphatic rings. The lowest BCUT2D eigenvalue weighted by Crippen LogP contribution is -2.30. The highest BCUT2D eigenvalue weighted by atomic mass is 32.1. The molecule has 1 atom stereocenters. The molecule has 0 saturated carbocycles. The number of pyridine rings is 1. The number of carbonyl (C=O) groups is 2. The summed E-state index contributed by atoms with van der Waals surface area (Å²) >= 11 is 1.47. The van der Waals surface area contributed by atoms with E-state index in [0.717, 1.165) is 22.5 Å². The predicted molar refractivity (Wildman–Crippen MR) is 125 cm³/mol. The Hall–Kier alpha value is -3.52. The van der Waals surface area contributed by atoms with Gasteiger partial charge in [0.15, 0.2) is 0 Å². The molecule has 33 heavy (non-hydrogen) atoms. The first-order valence-corrected chi connectivity index (χ1v) is 11.7. The van der Waals surface area contributed by atoms with E-state index >= 15 is 0 Å². The third kappa shape index (κ3) is 4.66. The second-order valence-corrected chi connectivity index (χ2v) is 9.32. The molecule has 4 heterocycles. The highest BCUT2D eigenvalue weighted by molar-refractivity contribution is 7.14. The Morgan fingerprint density at radius 1 is 1.15 bits per heavy atom. The summed E-state index contributed by atoms with van der Waals surface area (Å²) < 4.78 is 15.8. The van der Waals surface area contributed by atoms with Crippen LogP contribution in [0, 0.1) is 5.82 Å². The number of imidazole rings is 1. The zero-order valence-corrected chi connectivity index (χ0v) is 18.7. The number of halogens is 1. The predicted octanol–water partition coefficient (Wildman–Crippen LogP) is 4.02. The van der Waals surface area contributed by atoms with Gasteiger partial charge in [0.1, 0.15) is 11.5 Å². The maximum Gasteiger partial charge on any atom is 0.261 e. The molecule has 0 bridgehead atoms. The monoisotopic (exact) mass is 462 g/mol. The van der Waals surface area contributed by atoms with Crippen molar-refractivity contribution in [2.45, 2.75) is 25.3 Å². The number of likely N-dealkylation sites (tertiary alicyclic amines) is 1. The molecule has 0 aliphatic carbocycles. The number of amides is 2. The summed E-state index contributed by atoms with van der Waals surface area (Å²) in [6.45, 7) is 1.67. The van der Waals surface area contributed by atoms with Crippen LogP contribution in [0.5, 0.6) is 0 Å². The van der Waals surface area contributed by atoms with Crippen molar-refractivity contribution in [2.24, 2.45) is 0 Å². The van der Waals surface area contributed by atoms with Gasteiger partial charge in [-0.1, -0.05) is 18.2 Å². The number of carbonyl (C=O) groups excluding carboxylic acids is 2. The van der Waals surface area contributed by atoms with Crippen molar-refractivity contribution in [3.05, 3.63) is 93.8 Å². The molecular weight excluding hydrogens is 439 g/mol. The average molecular weight is 463 g/mol. The number of benzene rings is 1. The lowest BCUT2D eigenvalue weighted by molar-refractivity contribution is -0.129. The van der Waals surface area contributed by atoms with Crippen molar-refractivity contribution in [3.8, 4) is 0 Å². The van der Waals surface area contributed by atoms with Gasteiger partial charge in [-0.3, -0.25) is 9.59 Å². The maximum atomic E-state index is 13.9. The smallest absolute Gasteiger partial charge is 0.261 e. The van der Waals surface area contributed by atoms with E-state index in [-0.39, 0.29) is 30.0 Å². The van der Waals surface area contributed by atoms with E-state index in [2.05, 4.69) is 10.3 Å². The molecule has 4 aromatic rings. The number of rotatable bonds is 6. The highest BCUT2D eigenvalue weighted by Gasteiger charge is 2.29. The van der Waals surface area contributed by atoms with E-state index in [1.807, 2.05) is 41.1 Å². The number of thiophene rings is 1. The SMILES string of the molecule is O=C(NCc1ccn2ccnc2c1)c1ccc(C2CCN(C(=O)Cc3ccccc3F)C2)s1. The molecule has 6 nitrogen and oxygen atoms in total. The molecular formula is C25H23FN4O2S. The second-order valence-electron chi connectivity index (χ2n) is 8.21. The van der Waals surface area contributed by atoms with E-state index < -0.39 is 0 Å². The molecule has 1 unspecified atom stereocenters. The zero-order valence-electron chi connectivity index (χ0n) is 17.9. The minimum absolute atomic E-state index is 0.0634. The number of hydrogen-bond acceptors (Lipinski definition) is 4. The molecule has 0 radical (unpaired) electrons. The summed E-state index contributed by atoms with van der Waals surface area (Å²) in [5.74, 6) is -0.323. The van der Waals surface area contributed by atoms with E-state index in [9.17, 15) is 14.0 Å². The topological polar surface area (TPSA) is 66.7 Å². The Morgan fingerprint density at radius 3 is 2.91 bits per heavy atom. The fraction of sp³-hybridized carbons (Fsp3) is 0.240. The average Bonchev–Trinajstić information content (AvgIpc) is 3.58. The number of nitrogens with zero attached hydrogens (tertiary/aromatic N) is 3. The number of fused-ring (bicyclic) bond motifs is 1. The van der Waals surface area contributed by atoms with Gasteiger partial charge in [-0.05, 0) is 47.9 Å². The fourth-order valence-electron chi connectivity index (χ4n) is 4.16. The van der Waals surface area contributed by atoms with E-state index in [0.29, 0.717) is 30.1 Å². The molecule has 2 amide bonds. The molecule has 1 aromatic carbocycles. The van der Waals surface area contributed by atoms with E-state index in [1.54, 1.807) is 29.3 Å². The molecule has 1 saturated heterocycles. The van der Waals surface area contributed by atoms with Crippen LogP contribution in [0.15, 0.2) is 67.1 Å². The van der Waals surface area contributed by atoms with Crippen LogP contribution in [-0.4, -0.2) is 39.2 Å². The first kappa shape index (κ1) is 21.3. The minimum atomic E-state index is -0.347. The van der Waals surface area contributed by atoms with Crippen LogP contribution >= 0.6 is 11.3 Å². The molecule has 0 spiro atoms. The van der Waals surface area contributed by atoms with Gasteiger partial charge in [-0.15, -0.1) is 11.3 Å². The summed E-state index contributed by atoms with van der Waals surface area (Å²) in [7, 11) is 0. The standard InChI is InChI=1S/C25H23FN4O2S/c26-20-4-2-1-3-18(20)14-24(31)30-11-8-19(16-30)21-5-6-22(33-21)25(32)28-15-17-7-10-29-12-9-27-23(29)13-17/h1-7,9-10,12-13,19H,8,11,14-16H2,(H,28,32). The largest absolute Gasteiger partial charge is 0.347 e. The quantitative estimate of drug-likeness (QED) is 0.471. The number of aromatic nitrogens is 2. The van der Waals surface area contributed by atoms with Gasteiger partial charge in [0.05, 0.1) is 11.3 Å². The van der Waals surface area contributed by atoms with Crippen LogP contribution in [0.4, 0.5) is 4.39 Å². The molecule has 168 valence electrons. The third-order valence-electron chi connectivity index (χ3n) is 6.01. The van der Waals surface area contributed by atoms with Crippen molar-refractivity contribution < 1.29 is 14.0 Å².